The first-order valence-electron chi connectivity index (χ1n) is 5.57. The Kier molecular flexibility index (Phi) is 3.59. The first-order chi connectivity index (χ1) is 7.71. The second-order valence-electron chi connectivity index (χ2n) is 4.22. The van der Waals surface area contributed by atoms with E-state index >= 15 is 0 Å². The lowest BCUT2D eigenvalue weighted by atomic mass is 9.83. The minimum absolute atomic E-state index is 0.165. The Balaban J connectivity index is 2.07. The van der Waals surface area contributed by atoms with E-state index in [1.54, 1.807) is 14.2 Å². The van der Waals surface area contributed by atoms with Gasteiger partial charge in [-0.15, -0.1) is 0 Å². The van der Waals surface area contributed by atoms with Gasteiger partial charge in [0.05, 0.1) is 19.1 Å². The Bertz CT molecular complexity index is 255. The Morgan fingerprint density at radius 1 is 1.31 bits per heavy atom. The molecule has 2 rings (SSSR count). The van der Waals surface area contributed by atoms with Crippen LogP contribution in [0, 0.1) is 5.92 Å². The van der Waals surface area contributed by atoms with Crippen LogP contribution in [-0.2, 0) is 23.7 Å². The van der Waals surface area contributed by atoms with Crippen LogP contribution in [0.4, 0.5) is 0 Å². The topological polar surface area (TPSA) is 54.0 Å². The van der Waals surface area contributed by atoms with Gasteiger partial charge in [0, 0.05) is 33.5 Å². The molecule has 5 nitrogen and oxygen atoms in total. The second-order valence-corrected chi connectivity index (χ2v) is 4.22. The van der Waals surface area contributed by atoms with E-state index in [9.17, 15) is 4.79 Å². The number of ketones is 1. The highest BCUT2D eigenvalue weighted by Gasteiger charge is 2.47. The average molecular weight is 230 g/mol. The summed E-state index contributed by atoms with van der Waals surface area (Å²) < 4.78 is 21.5. The zero-order valence-corrected chi connectivity index (χ0v) is 9.73. The first-order valence-corrected chi connectivity index (χ1v) is 5.57. The number of rotatable bonds is 3. The molecule has 0 aromatic carbocycles. The van der Waals surface area contributed by atoms with Gasteiger partial charge >= 0.3 is 0 Å². The van der Waals surface area contributed by atoms with Crippen LogP contribution in [0.1, 0.15) is 19.3 Å². The third-order valence-corrected chi connectivity index (χ3v) is 3.30. The second kappa shape index (κ2) is 4.79. The Morgan fingerprint density at radius 2 is 1.94 bits per heavy atom. The number of carbonyl (C=O) groups is 1. The summed E-state index contributed by atoms with van der Waals surface area (Å²) in [7, 11) is 3.08. The molecular weight excluding hydrogens is 212 g/mol. The van der Waals surface area contributed by atoms with Gasteiger partial charge < -0.3 is 18.9 Å². The van der Waals surface area contributed by atoms with Crippen LogP contribution >= 0.6 is 0 Å². The van der Waals surface area contributed by atoms with Gasteiger partial charge in [0.1, 0.15) is 5.78 Å². The molecule has 0 N–H and O–H groups in total. The molecular formula is C11H18O5. The van der Waals surface area contributed by atoms with Crippen molar-refractivity contribution in [3.05, 3.63) is 0 Å². The molecule has 1 atom stereocenters. The Hall–Kier alpha value is -0.490. The summed E-state index contributed by atoms with van der Waals surface area (Å²) in [5.41, 5.74) is 0. The smallest absolute Gasteiger partial charge is 0.169 e. The van der Waals surface area contributed by atoms with E-state index in [0.29, 0.717) is 32.5 Å². The molecule has 1 unspecified atom stereocenters. The average Bonchev–Trinajstić information content (AvgIpc) is 2.74. The van der Waals surface area contributed by atoms with Crippen LogP contribution in [0.2, 0.25) is 0 Å². The molecule has 0 bridgehead atoms. The lowest BCUT2D eigenvalue weighted by Gasteiger charge is -2.37. The molecule has 0 radical (unpaired) electrons. The molecule has 1 heterocycles. The normalized spacial score (nSPS) is 29.2. The van der Waals surface area contributed by atoms with E-state index in [2.05, 4.69) is 0 Å². The largest absolute Gasteiger partial charge is 0.355 e. The molecule has 0 aromatic heterocycles. The molecule has 2 aliphatic rings. The highest BCUT2D eigenvalue weighted by molar-refractivity contribution is 5.82. The highest BCUT2D eigenvalue weighted by Crippen LogP contribution is 2.38. The molecule has 0 amide bonds. The molecule has 1 aliphatic heterocycles. The molecule has 1 spiro atoms. The maximum Gasteiger partial charge on any atom is 0.169 e. The van der Waals surface area contributed by atoms with Crippen LogP contribution in [0.5, 0.6) is 0 Å². The van der Waals surface area contributed by atoms with E-state index < -0.39 is 12.1 Å². The van der Waals surface area contributed by atoms with Crippen LogP contribution in [0.3, 0.4) is 0 Å². The van der Waals surface area contributed by atoms with Crippen molar-refractivity contribution in [2.75, 3.05) is 27.4 Å². The summed E-state index contributed by atoms with van der Waals surface area (Å²) in [6, 6.07) is 0. The maximum atomic E-state index is 11.8. The fourth-order valence-electron chi connectivity index (χ4n) is 2.48. The van der Waals surface area contributed by atoms with Gasteiger partial charge in [0.2, 0.25) is 0 Å². The summed E-state index contributed by atoms with van der Waals surface area (Å²) in [4.78, 5) is 11.8. The van der Waals surface area contributed by atoms with Gasteiger partial charge in [-0.1, -0.05) is 0 Å². The maximum absolute atomic E-state index is 11.8. The van der Waals surface area contributed by atoms with Gasteiger partial charge in [-0.05, 0) is 0 Å². The van der Waals surface area contributed by atoms with E-state index in [1.165, 1.54) is 0 Å². The van der Waals surface area contributed by atoms with E-state index in [-0.39, 0.29) is 11.7 Å². The monoisotopic (exact) mass is 230 g/mol. The third-order valence-electron chi connectivity index (χ3n) is 3.30. The van der Waals surface area contributed by atoms with Gasteiger partial charge in [-0.2, -0.15) is 0 Å². The van der Waals surface area contributed by atoms with Crippen LogP contribution < -0.4 is 0 Å². The van der Waals surface area contributed by atoms with Crippen LogP contribution in [-0.4, -0.2) is 45.3 Å². The highest BCUT2D eigenvalue weighted by atomic mass is 16.7. The first kappa shape index (κ1) is 12.0. The molecule has 92 valence electrons. The molecule has 16 heavy (non-hydrogen) atoms. The summed E-state index contributed by atoms with van der Waals surface area (Å²) in [6.45, 7) is 1.21. The SMILES string of the molecule is COC(OC)C1CC2(CCC1=O)OCCO2. The quantitative estimate of drug-likeness (QED) is 0.669. The lowest BCUT2D eigenvalue weighted by molar-refractivity contribution is -0.218. The molecule has 1 saturated heterocycles. The number of methoxy groups -OCH3 is 2. The van der Waals surface area contributed by atoms with Crippen molar-refractivity contribution >= 4 is 5.78 Å². The minimum Gasteiger partial charge on any atom is -0.355 e. The van der Waals surface area contributed by atoms with Crippen molar-refractivity contribution in [3.8, 4) is 0 Å². The number of hydrogen-bond acceptors (Lipinski definition) is 5. The van der Waals surface area contributed by atoms with Crippen molar-refractivity contribution in [3.63, 3.8) is 0 Å². The van der Waals surface area contributed by atoms with Crippen molar-refractivity contribution in [1.29, 1.82) is 0 Å². The van der Waals surface area contributed by atoms with E-state index in [4.69, 9.17) is 18.9 Å². The fourth-order valence-corrected chi connectivity index (χ4v) is 2.48. The lowest BCUT2D eigenvalue weighted by Crippen LogP contribution is -2.45. The van der Waals surface area contributed by atoms with Crippen molar-refractivity contribution in [2.24, 2.45) is 5.92 Å². The van der Waals surface area contributed by atoms with Gasteiger partial charge in [0.15, 0.2) is 12.1 Å². The summed E-state index contributed by atoms with van der Waals surface area (Å²) in [5, 5.41) is 0. The third kappa shape index (κ3) is 2.13. The summed E-state index contributed by atoms with van der Waals surface area (Å²) in [5.74, 6) is -0.700. The van der Waals surface area contributed by atoms with Crippen molar-refractivity contribution in [1.82, 2.24) is 0 Å². The Morgan fingerprint density at radius 3 is 2.50 bits per heavy atom. The zero-order chi connectivity index (χ0) is 11.6. The van der Waals surface area contributed by atoms with Crippen LogP contribution in [0.25, 0.3) is 0 Å². The number of hydrogen-bond donors (Lipinski definition) is 0. The molecule has 1 aliphatic carbocycles. The van der Waals surface area contributed by atoms with Crippen molar-refractivity contribution < 1.29 is 23.7 Å². The zero-order valence-electron chi connectivity index (χ0n) is 9.73. The minimum atomic E-state index is -0.576. The van der Waals surface area contributed by atoms with Gasteiger partial charge in [-0.25, -0.2) is 0 Å². The van der Waals surface area contributed by atoms with Gasteiger partial charge in [0.25, 0.3) is 0 Å². The standard InChI is InChI=1S/C11H18O5/c1-13-10(14-2)8-7-11(4-3-9(8)12)15-5-6-16-11/h8,10H,3-7H2,1-2H3. The molecule has 5 heteroatoms. The van der Waals surface area contributed by atoms with Gasteiger partial charge in [-0.3, -0.25) is 4.79 Å². The molecule has 2 fully saturated rings. The van der Waals surface area contributed by atoms with E-state index in [1.807, 2.05) is 0 Å². The number of ether oxygens (including phenoxy) is 4. The predicted molar refractivity (Wildman–Crippen MR) is 54.8 cm³/mol. The number of Topliss-reactive ketones (excluding diaryl/α,β-unsaturated/α-hetero) is 1. The predicted octanol–water partition coefficient (Wildman–Crippen LogP) is 0.718. The van der Waals surface area contributed by atoms with Crippen molar-refractivity contribution in [2.45, 2.75) is 31.3 Å². The summed E-state index contributed by atoms with van der Waals surface area (Å²) >= 11 is 0. The summed E-state index contributed by atoms with van der Waals surface area (Å²) in [6.07, 6.45) is 1.13. The number of carbonyl (C=O) groups excluding carboxylic acids is 1. The van der Waals surface area contributed by atoms with E-state index in [0.717, 1.165) is 0 Å². The molecule has 1 saturated carbocycles. The fraction of sp³-hybridized carbons (Fsp3) is 0.909. The van der Waals surface area contributed by atoms with Crippen LogP contribution in [0.15, 0.2) is 0 Å². The molecule has 0 aromatic rings. The Labute approximate surface area is 95.0 Å².